The van der Waals surface area contributed by atoms with Gasteiger partial charge < -0.3 is 9.84 Å². The minimum Gasteiger partial charge on any atom is -0.508 e. The topological polar surface area (TPSA) is 70.3 Å². The van der Waals surface area contributed by atoms with Crippen molar-refractivity contribution in [3.05, 3.63) is 64.2 Å². The summed E-state index contributed by atoms with van der Waals surface area (Å²) in [7, 11) is 0. The number of hydrogen-bond acceptors (Lipinski definition) is 4. The summed E-state index contributed by atoms with van der Waals surface area (Å²) in [5.41, 5.74) is 0.267. The van der Waals surface area contributed by atoms with Crippen LogP contribution in [-0.2, 0) is 23.8 Å². The molecule has 1 N–H and O–H groups in total. The Morgan fingerprint density at radius 1 is 1.25 bits per heavy atom. The van der Waals surface area contributed by atoms with Crippen molar-refractivity contribution in [1.82, 2.24) is 0 Å². The van der Waals surface area contributed by atoms with E-state index < -0.39 is 29.0 Å². The number of nitrogens with zero attached hydrogens (tertiary/aromatic N) is 1. The van der Waals surface area contributed by atoms with Gasteiger partial charge in [-0.1, -0.05) is 19.1 Å². The molecule has 0 spiro atoms. The molecule has 0 saturated heterocycles. The van der Waals surface area contributed by atoms with Crippen LogP contribution in [-0.4, -0.2) is 11.1 Å². The highest BCUT2D eigenvalue weighted by Gasteiger charge is 2.33. The van der Waals surface area contributed by atoms with Crippen LogP contribution >= 0.6 is 0 Å². The van der Waals surface area contributed by atoms with Crippen molar-refractivity contribution < 1.29 is 27.8 Å². The monoisotopic (exact) mass is 387 g/mol. The molecular formula is C21H16F3NO3. The van der Waals surface area contributed by atoms with Gasteiger partial charge in [0.25, 0.3) is 0 Å². The molecule has 0 bridgehead atoms. The van der Waals surface area contributed by atoms with Gasteiger partial charge in [-0.25, -0.2) is 4.79 Å². The van der Waals surface area contributed by atoms with Crippen molar-refractivity contribution in [3.8, 4) is 23.8 Å². The fraction of sp³-hybridized carbons (Fsp3) is 0.238. The average molecular weight is 387 g/mol. The van der Waals surface area contributed by atoms with Crippen LogP contribution in [0.3, 0.4) is 0 Å². The van der Waals surface area contributed by atoms with Gasteiger partial charge in [-0.2, -0.15) is 18.4 Å². The minimum absolute atomic E-state index is 0.258. The van der Waals surface area contributed by atoms with Gasteiger partial charge >= 0.3 is 12.1 Å². The summed E-state index contributed by atoms with van der Waals surface area (Å²) in [6.07, 6.45) is -1.40. The van der Waals surface area contributed by atoms with Crippen LogP contribution in [0.1, 0.15) is 46.0 Å². The Morgan fingerprint density at radius 3 is 2.64 bits per heavy atom. The molecule has 28 heavy (non-hydrogen) atoms. The predicted octanol–water partition coefficient (Wildman–Crippen LogP) is 4.60. The molecule has 0 fully saturated rings. The highest BCUT2D eigenvalue weighted by Crippen LogP contribution is 2.33. The van der Waals surface area contributed by atoms with Crippen LogP contribution in [0.25, 0.3) is 0 Å². The number of rotatable bonds is 4. The van der Waals surface area contributed by atoms with Gasteiger partial charge in [0, 0.05) is 12.0 Å². The molecule has 2 rings (SSSR count). The van der Waals surface area contributed by atoms with Crippen molar-refractivity contribution >= 4 is 5.97 Å². The zero-order valence-corrected chi connectivity index (χ0v) is 14.9. The first-order valence-corrected chi connectivity index (χ1v) is 8.38. The quantitative estimate of drug-likeness (QED) is 0.615. The summed E-state index contributed by atoms with van der Waals surface area (Å²) in [5, 5.41) is 18.0. The number of ether oxygens (including phenoxy) is 1. The van der Waals surface area contributed by atoms with Gasteiger partial charge in [0.2, 0.25) is 0 Å². The zero-order valence-electron chi connectivity index (χ0n) is 14.9. The number of carbonyl (C=O) groups is 1. The lowest BCUT2D eigenvalue weighted by molar-refractivity contribution is -0.137. The normalized spacial score (nSPS) is 10.5. The molecule has 0 aliphatic heterocycles. The van der Waals surface area contributed by atoms with Gasteiger partial charge in [0.05, 0.1) is 17.2 Å². The number of alkyl halides is 3. The van der Waals surface area contributed by atoms with E-state index in [2.05, 4.69) is 5.92 Å². The molecular weight excluding hydrogens is 371 g/mol. The van der Waals surface area contributed by atoms with Gasteiger partial charge in [-0.05, 0) is 54.2 Å². The third kappa shape index (κ3) is 5.05. The van der Waals surface area contributed by atoms with E-state index in [1.807, 2.05) is 25.2 Å². The van der Waals surface area contributed by atoms with E-state index >= 15 is 0 Å². The highest BCUT2D eigenvalue weighted by molar-refractivity contribution is 5.92. The van der Waals surface area contributed by atoms with E-state index in [-0.39, 0.29) is 5.56 Å². The van der Waals surface area contributed by atoms with Crippen LogP contribution in [0.5, 0.6) is 5.75 Å². The summed E-state index contributed by atoms with van der Waals surface area (Å²) < 4.78 is 43.9. The molecule has 0 amide bonds. The number of benzene rings is 2. The minimum atomic E-state index is -4.71. The van der Waals surface area contributed by atoms with Crippen LogP contribution in [0.15, 0.2) is 36.4 Å². The maximum atomic E-state index is 13.0. The van der Waals surface area contributed by atoms with E-state index in [0.29, 0.717) is 30.9 Å². The van der Waals surface area contributed by atoms with Gasteiger partial charge in [-0.15, -0.1) is 0 Å². The molecule has 0 radical (unpaired) electrons. The zero-order chi connectivity index (χ0) is 20.7. The molecule has 0 aromatic heterocycles. The second-order valence-electron chi connectivity index (χ2n) is 5.80. The number of carbonyl (C=O) groups excluding carboxylic acids is 1. The largest absolute Gasteiger partial charge is 0.508 e. The molecule has 4 nitrogen and oxygen atoms in total. The second kappa shape index (κ2) is 8.96. The number of phenols is 1. The Labute approximate surface area is 160 Å². The van der Waals surface area contributed by atoms with Crippen molar-refractivity contribution in [2.75, 3.05) is 0 Å². The van der Waals surface area contributed by atoms with Crippen molar-refractivity contribution in [2.24, 2.45) is 0 Å². The lowest BCUT2D eigenvalue weighted by Gasteiger charge is -2.10. The maximum absolute atomic E-state index is 13.0. The average Bonchev–Trinajstić information content (AvgIpc) is 2.66. The first-order chi connectivity index (χ1) is 13.3. The van der Waals surface area contributed by atoms with Crippen molar-refractivity contribution in [3.63, 3.8) is 0 Å². The molecule has 0 aliphatic rings. The summed E-state index contributed by atoms with van der Waals surface area (Å²) in [5.74, 6) is 0.840. The Balaban J connectivity index is 2.27. The number of aryl methyl sites for hydroxylation is 1. The number of hydrogen-bond donors (Lipinski definition) is 1. The van der Waals surface area contributed by atoms with E-state index in [4.69, 9.17) is 10.00 Å². The van der Waals surface area contributed by atoms with Gasteiger partial charge in [0.15, 0.2) is 0 Å². The van der Waals surface area contributed by atoms with Crippen LogP contribution in [0.4, 0.5) is 13.2 Å². The summed E-state index contributed by atoms with van der Waals surface area (Å²) in [4.78, 5) is 12.3. The third-order valence-electron chi connectivity index (χ3n) is 3.99. The molecule has 0 atom stereocenters. The fourth-order valence-electron chi connectivity index (χ4n) is 2.73. The highest BCUT2D eigenvalue weighted by atomic mass is 19.4. The predicted molar refractivity (Wildman–Crippen MR) is 95.2 cm³/mol. The Kier molecular flexibility index (Phi) is 6.68. The molecule has 2 aromatic carbocycles. The van der Waals surface area contributed by atoms with E-state index in [9.17, 15) is 23.1 Å². The number of aromatic hydroxyl groups is 1. The molecule has 0 aliphatic carbocycles. The van der Waals surface area contributed by atoms with Crippen molar-refractivity contribution in [1.29, 1.82) is 5.26 Å². The number of nitriles is 1. The Morgan fingerprint density at radius 2 is 2.00 bits per heavy atom. The van der Waals surface area contributed by atoms with Crippen LogP contribution in [0, 0.1) is 23.4 Å². The lowest BCUT2D eigenvalue weighted by Crippen LogP contribution is -2.09. The molecule has 0 unspecified atom stereocenters. The molecule has 0 saturated carbocycles. The summed E-state index contributed by atoms with van der Waals surface area (Å²) >= 11 is 0. The Bertz CT molecular complexity index is 979. The lowest BCUT2D eigenvalue weighted by atomic mass is 9.96. The van der Waals surface area contributed by atoms with Crippen molar-refractivity contribution in [2.45, 2.75) is 32.4 Å². The Hall–Kier alpha value is -3.45. The molecule has 0 heterocycles. The van der Waals surface area contributed by atoms with Crippen LogP contribution < -0.4 is 0 Å². The fourth-order valence-corrected chi connectivity index (χ4v) is 2.73. The number of esters is 1. The van der Waals surface area contributed by atoms with E-state index in [1.165, 1.54) is 0 Å². The summed E-state index contributed by atoms with van der Waals surface area (Å²) in [6, 6.07) is 9.66. The SMILES string of the molecule is CCc1c(CCC#N)cccc1C(=O)OC#Cc1ccc(O)cc1C(F)(F)F. The standard InChI is InChI=1S/C21H16F3NO3/c1-2-17-14(6-4-11-25)5-3-7-18(17)20(27)28-12-10-15-8-9-16(26)13-19(15)21(22,23)24/h3,5,7-9,13,26H,2,4,6H2,1H3. The smallest absolute Gasteiger partial charge is 0.417 e. The first kappa shape index (κ1) is 20.9. The van der Waals surface area contributed by atoms with Gasteiger partial charge in [-0.3, -0.25) is 0 Å². The second-order valence-corrected chi connectivity index (χ2v) is 5.80. The molecule has 7 heteroatoms. The molecule has 2 aromatic rings. The van der Waals surface area contributed by atoms with E-state index in [1.54, 1.807) is 12.1 Å². The van der Waals surface area contributed by atoms with Crippen LogP contribution in [0.2, 0.25) is 0 Å². The van der Waals surface area contributed by atoms with Gasteiger partial charge in [0.1, 0.15) is 11.9 Å². The molecule has 144 valence electrons. The number of phenolic OH excluding ortho intramolecular Hbond substituents is 1. The van der Waals surface area contributed by atoms with E-state index in [0.717, 1.165) is 17.7 Å². The number of halogens is 3. The first-order valence-electron chi connectivity index (χ1n) is 8.38. The third-order valence-corrected chi connectivity index (χ3v) is 3.99. The summed E-state index contributed by atoms with van der Waals surface area (Å²) in [6.45, 7) is 1.85. The maximum Gasteiger partial charge on any atom is 0.417 e.